The lowest BCUT2D eigenvalue weighted by atomic mass is 10.1. The molecule has 3 rings (SSSR count). The number of rotatable bonds is 5. The number of hydrogen-bond acceptors (Lipinski definition) is 3. The lowest BCUT2D eigenvalue weighted by molar-refractivity contribution is 0.628. The Hall–Kier alpha value is -0.970. The van der Waals surface area contributed by atoms with Gasteiger partial charge in [0.05, 0.1) is 10.7 Å². The molecule has 0 amide bonds. The van der Waals surface area contributed by atoms with E-state index < -0.39 is 0 Å². The molecule has 0 radical (unpaired) electrons. The second-order valence-electron chi connectivity index (χ2n) is 5.76. The Morgan fingerprint density at radius 2 is 2.19 bits per heavy atom. The Balaban J connectivity index is 1.92. The van der Waals surface area contributed by atoms with Crippen molar-refractivity contribution in [3.63, 3.8) is 0 Å². The second-order valence-corrected chi connectivity index (χ2v) is 7.25. The zero-order valence-corrected chi connectivity index (χ0v) is 13.7. The van der Waals surface area contributed by atoms with E-state index in [1.807, 2.05) is 0 Å². The zero-order valence-electron chi connectivity index (χ0n) is 12.1. The standard InChI is InChI=1S/C16H18ClFN2S/c1-9(2)15-14(8-19-11-4-5-11)21-16(20-15)12-6-3-10(18)7-13(12)17/h3,6-7,9,11,19H,4-5,8H2,1-2H3. The zero-order chi connectivity index (χ0) is 15.0. The quantitative estimate of drug-likeness (QED) is 0.839. The van der Waals surface area contributed by atoms with Crippen molar-refractivity contribution >= 4 is 22.9 Å². The average molecular weight is 325 g/mol. The topological polar surface area (TPSA) is 24.9 Å². The fraction of sp³-hybridized carbons (Fsp3) is 0.438. The van der Waals surface area contributed by atoms with Gasteiger partial charge in [0.1, 0.15) is 10.8 Å². The normalized spacial score (nSPS) is 14.9. The molecular weight excluding hydrogens is 307 g/mol. The highest BCUT2D eigenvalue weighted by atomic mass is 35.5. The third-order valence-electron chi connectivity index (χ3n) is 3.56. The maximum absolute atomic E-state index is 13.2. The van der Waals surface area contributed by atoms with E-state index in [1.165, 1.54) is 29.9 Å². The highest BCUT2D eigenvalue weighted by Gasteiger charge is 2.22. The van der Waals surface area contributed by atoms with Gasteiger partial charge in [-0.1, -0.05) is 25.4 Å². The van der Waals surface area contributed by atoms with Crippen LogP contribution >= 0.6 is 22.9 Å². The first-order chi connectivity index (χ1) is 10.0. The Morgan fingerprint density at radius 1 is 1.43 bits per heavy atom. The van der Waals surface area contributed by atoms with Crippen LogP contribution in [0.1, 0.15) is 43.2 Å². The van der Waals surface area contributed by atoms with Gasteiger partial charge in [0.25, 0.3) is 0 Å². The SMILES string of the molecule is CC(C)c1nc(-c2ccc(F)cc2Cl)sc1CNC1CC1. The molecule has 5 heteroatoms. The van der Waals surface area contributed by atoms with Gasteiger partial charge in [-0.2, -0.15) is 0 Å². The van der Waals surface area contributed by atoms with Gasteiger partial charge in [-0.15, -0.1) is 11.3 Å². The van der Waals surface area contributed by atoms with Crippen molar-refractivity contribution in [3.8, 4) is 10.6 Å². The third-order valence-corrected chi connectivity index (χ3v) is 4.98. The van der Waals surface area contributed by atoms with Gasteiger partial charge >= 0.3 is 0 Å². The molecule has 1 heterocycles. The molecule has 1 aliphatic rings. The minimum absolute atomic E-state index is 0.319. The van der Waals surface area contributed by atoms with E-state index in [0.717, 1.165) is 22.8 Å². The fourth-order valence-corrected chi connectivity index (χ4v) is 3.76. The van der Waals surface area contributed by atoms with Gasteiger partial charge < -0.3 is 5.32 Å². The Morgan fingerprint density at radius 3 is 2.81 bits per heavy atom. The minimum Gasteiger partial charge on any atom is -0.309 e. The smallest absolute Gasteiger partial charge is 0.125 e. The van der Waals surface area contributed by atoms with Crippen molar-refractivity contribution in [1.82, 2.24) is 10.3 Å². The highest BCUT2D eigenvalue weighted by Crippen LogP contribution is 2.36. The van der Waals surface area contributed by atoms with Crippen molar-refractivity contribution in [2.24, 2.45) is 0 Å². The predicted octanol–water partition coefficient (Wildman–Crippen LogP) is 4.98. The van der Waals surface area contributed by atoms with Crippen molar-refractivity contribution in [2.75, 3.05) is 0 Å². The summed E-state index contributed by atoms with van der Waals surface area (Å²) in [6.07, 6.45) is 2.54. The largest absolute Gasteiger partial charge is 0.309 e. The van der Waals surface area contributed by atoms with E-state index in [0.29, 0.717) is 17.0 Å². The molecule has 0 atom stereocenters. The number of nitrogens with zero attached hydrogens (tertiary/aromatic N) is 1. The number of thiazole rings is 1. The summed E-state index contributed by atoms with van der Waals surface area (Å²) in [5.41, 5.74) is 1.92. The maximum atomic E-state index is 13.2. The number of benzene rings is 1. The first kappa shape index (κ1) is 14.9. The van der Waals surface area contributed by atoms with Crippen LogP contribution < -0.4 is 5.32 Å². The molecule has 1 N–H and O–H groups in total. The van der Waals surface area contributed by atoms with Crippen molar-refractivity contribution in [1.29, 1.82) is 0 Å². The molecule has 2 aromatic rings. The molecule has 112 valence electrons. The molecule has 0 spiro atoms. The molecule has 2 nitrogen and oxygen atoms in total. The summed E-state index contributed by atoms with van der Waals surface area (Å²) in [5.74, 6) is 0.0465. The summed E-state index contributed by atoms with van der Waals surface area (Å²) in [6, 6.07) is 5.15. The molecule has 1 fully saturated rings. The third kappa shape index (κ3) is 3.44. The number of halogens is 2. The van der Waals surface area contributed by atoms with E-state index in [9.17, 15) is 4.39 Å². The van der Waals surface area contributed by atoms with Gasteiger partial charge in [0, 0.05) is 23.0 Å². The molecule has 0 saturated heterocycles. The van der Waals surface area contributed by atoms with Gasteiger partial charge in [-0.3, -0.25) is 0 Å². The van der Waals surface area contributed by atoms with Crippen LogP contribution in [0.4, 0.5) is 4.39 Å². The summed E-state index contributed by atoms with van der Waals surface area (Å²) in [5, 5.41) is 4.82. The van der Waals surface area contributed by atoms with E-state index in [1.54, 1.807) is 17.4 Å². The molecule has 1 aromatic carbocycles. The maximum Gasteiger partial charge on any atom is 0.125 e. The lowest BCUT2D eigenvalue weighted by Crippen LogP contribution is -2.15. The summed E-state index contributed by atoms with van der Waals surface area (Å²) in [4.78, 5) is 6.00. The molecule has 0 bridgehead atoms. The van der Waals surface area contributed by atoms with Crippen LogP contribution in [0.15, 0.2) is 18.2 Å². The van der Waals surface area contributed by atoms with Crippen LogP contribution in [0.3, 0.4) is 0 Å². The summed E-state index contributed by atoms with van der Waals surface area (Å²) >= 11 is 7.80. The van der Waals surface area contributed by atoms with E-state index in [-0.39, 0.29) is 5.82 Å². The van der Waals surface area contributed by atoms with Crippen LogP contribution in [-0.4, -0.2) is 11.0 Å². The lowest BCUT2D eigenvalue weighted by Gasteiger charge is -2.05. The summed E-state index contributed by atoms with van der Waals surface area (Å²) in [7, 11) is 0. The van der Waals surface area contributed by atoms with Crippen molar-refractivity contribution < 1.29 is 4.39 Å². The van der Waals surface area contributed by atoms with E-state index in [4.69, 9.17) is 16.6 Å². The minimum atomic E-state index is -0.319. The molecule has 1 aromatic heterocycles. The number of aromatic nitrogens is 1. The Kier molecular flexibility index (Phi) is 4.29. The van der Waals surface area contributed by atoms with E-state index >= 15 is 0 Å². The fourth-order valence-electron chi connectivity index (χ4n) is 2.24. The number of hydrogen-bond donors (Lipinski definition) is 1. The van der Waals surface area contributed by atoms with Crippen molar-refractivity contribution in [3.05, 3.63) is 39.6 Å². The average Bonchev–Trinajstić information content (AvgIpc) is 3.15. The van der Waals surface area contributed by atoms with Gasteiger partial charge in [-0.25, -0.2) is 9.37 Å². The Labute approximate surface area is 133 Å². The second kappa shape index (κ2) is 6.03. The molecular formula is C16H18ClFN2S. The monoisotopic (exact) mass is 324 g/mol. The summed E-state index contributed by atoms with van der Waals surface area (Å²) < 4.78 is 13.2. The van der Waals surface area contributed by atoms with Gasteiger partial charge in [0.15, 0.2) is 0 Å². The molecule has 1 saturated carbocycles. The highest BCUT2D eigenvalue weighted by molar-refractivity contribution is 7.15. The molecule has 0 unspecified atom stereocenters. The van der Waals surface area contributed by atoms with Gasteiger partial charge in [0.2, 0.25) is 0 Å². The predicted molar refractivity (Wildman–Crippen MR) is 86.5 cm³/mol. The molecule has 0 aliphatic heterocycles. The Bertz CT molecular complexity index is 650. The first-order valence-corrected chi connectivity index (χ1v) is 8.42. The molecule has 1 aliphatic carbocycles. The molecule has 21 heavy (non-hydrogen) atoms. The van der Waals surface area contributed by atoms with Crippen LogP contribution in [0, 0.1) is 5.82 Å². The van der Waals surface area contributed by atoms with Crippen LogP contribution in [0.25, 0.3) is 10.6 Å². The van der Waals surface area contributed by atoms with Crippen LogP contribution in [-0.2, 0) is 6.54 Å². The van der Waals surface area contributed by atoms with Crippen LogP contribution in [0.5, 0.6) is 0 Å². The van der Waals surface area contributed by atoms with Gasteiger partial charge in [-0.05, 0) is 37.0 Å². The van der Waals surface area contributed by atoms with E-state index in [2.05, 4.69) is 19.2 Å². The van der Waals surface area contributed by atoms with Crippen molar-refractivity contribution in [2.45, 2.75) is 45.2 Å². The summed E-state index contributed by atoms with van der Waals surface area (Å²) in [6.45, 7) is 5.14. The number of nitrogens with one attached hydrogen (secondary N) is 1. The first-order valence-electron chi connectivity index (χ1n) is 7.23. The van der Waals surface area contributed by atoms with Crippen LogP contribution in [0.2, 0.25) is 5.02 Å².